The van der Waals surface area contributed by atoms with E-state index in [4.69, 9.17) is 9.47 Å². The van der Waals surface area contributed by atoms with Crippen molar-refractivity contribution in [2.45, 2.75) is 32.2 Å². The van der Waals surface area contributed by atoms with Crippen LogP contribution in [0.4, 0.5) is 13.6 Å². The number of benzene rings is 1. The first-order valence-electron chi connectivity index (χ1n) is 7.45. The van der Waals surface area contributed by atoms with Gasteiger partial charge in [-0.25, -0.2) is 13.6 Å². The van der Waals surface area contributed by atoms with E-state index in [1.807, 2.05) is 6.92 Å². The number of methoxy groups -OCH3 is 2. The van der Waals surface area contributed by atoms with Crippen LogP contribution >= 0.6 is 0 Å². The predicted octanol–water partition coefficient (Wildman–Crippen LogP) is 3.10. The number of halogens is 2. The van der Waals surface area contributed by atoms with Gasteiger partial charge in [0.2, 0.25) is 0 Å². The lowest BCUT2D eigenvalue weighted by atomic mass is 10.0. The van der Waals surface area contributed by atoms with Crippen LogP contribution in [0.15, 0.2) is 12.1 Å². The van der Waals surface area contributed by atoms with E-state index in [0.717, 1.165) is 25.7 Å². The van der Waals surface area contributed by atoms with Crippen molar-refractivity contribution in [3.8, 4) is 5.75 Å². The third kappa shape index (κ3) is 5.68. The average Bonchev–Trinajstić information content (AvgIpc) is 2.53. The number of carbonyl (C=O) groups excluding carboxylic acids is 2. The number of carbonyl (C=O) groups is 2. The molecule has 0 spiro atoms. The fourth-order valence-electron chi connectivity index (χ4n) is 1.98. The number of amides is 1. The number of nitrogens with one attached hydrogen (secondary N) is 1. The number of hydrogen-bond donors (Lipinski definition) is 1. The van der Waals surface area contributed by atoms with Gasteiger partial charge in [0.05, 0.1) is 33.3 Å². The molecule has 1 atom stereocenters. The molecule has 1 N–H and O–H groups in total. The summed E-state index contributed by atoms with van der Waals surface area (Å²) in [5, 5.41) is 2.29. The number of esters is 1. The summed E-state index contributed by atoms with van der Waals surface area (Å²) in [5.74, 6) is -2.65. The molecule has 0 aliphatic rings. The third-order valence-electron chi connectivity index (χ3n) is 3.26. The molecular weight excluding hydrogens is 324 g/mol. The van der Waals surface area contributed by atoms with Crippen LogP contribution in [0, 0.1) is 11.6 Å². The van der Waals surface area contributed by atoms with Gasteiger partial charge in [-0.2, -0.15) is 0 Å². The maximum absolute atomic E-state index is 14.2. The number of alkyl carbamates (subject to hydrolysis) is 1. The molecule has 6 nitrogen and oxygen atoms in total. The monoisotopic (exact) mass is 345 g/mol. The van der Waals surface area contributed by atoms with Gasteiger partial charge in [0.15, 0.2) is 0 Å². The minimum absolute atomic E-state index is 0.0175. The molecule has 1 rings (SSSR count). The fourth-order valence-corrected chi connectivity index (χ4v) is 1.98. The standard InChI is InChI=1S/C16H21F2NO5/c1-4-5-6-24-16(21)19-13(9-14(20)23-3)15-11(17)7-10(22-2)8-12(15)18/h7-8,13H,4-6,9H2,1-3H3,(H,19,21). The molecule has 134 valence electrons. The smallest absolute Gasteiger partial charge is 0.407 e. The largest absolute Gasteiger partial charge is 0.497 e. The van der Waals surface area contributed by atoms with E-state index in [9.17, 15) is 18.4 Å². The molecule has 24 heavy (non-hydrogen) atoms. The Labute approximate surface area is 139 Å². The van der Waals surface area contributed by atoms with Crippen molar-refractivity contribution in [1.29, 1.82) is 0 Å². The lowest BCUT2D eigenvalue weighted by Crippen LogP contribution is -2.32. The van der Waals surface area contributed by atoms with Gasteiger partial charge in [0.25, 0.3) is 0 Å². The van der Waals surface area contributed by atoms with E-state index < -0.39 is 41.7 Å². The minimum atomic E-state index is -1.27. The van der Waals surface area contributed by atoms with Crippen molar-refractivity contribution in [2.24, 2.45) is 0 Å². The van der Waals surface area contributed by atoms with Gasteiger partial charge in [-0.15, -0.1) is 0 Å². The number of hydrogen-bond acceptors (Lipinski definition) is 5. The highest BCUT2D eigenvalue weighted by molar-refractivity contribution is 5.73. The summed E-state index contributed by atoms with van der Waals surface area (Å²) < 4.78 is 42.6. The Bertz CT molecular complexity index is 557. The Morgan fingerprint density at radius 1 is 1.21 bits per heavy atom. The van der Waals surface area contributed by atoms with Crippen molar-refractivity contribution < 1.29 is 32.6 Å². The van der Waals surface area contributed by atoms with Crippen LogP contribution in [-0.4, -0.2) is 32.9 Å². The maximum atomic E-state index is 14.2. The molecule has 0 heterocycles. The first-order chi connectivity index (χ1) is 11.4. The Hall–Kier alpha value is -2.38. The third-order valence-corrected chi connectivity index (χ3v) is 3.26. The summed E-state index contributed by atoms with van der Waals surface area (Å²) in [4.78, 5) is 23.3. The number of rotatable bonds is 8. The van der Waals surface area contributed by atoms with Crippen LogP contribution < -0.4 is 10.1 Å². The van der Waals surface area contributed by atoms with E-state index >= 15 is 0 Å². The SMILES string of the molecule is CCCCOC(=O)NC(CC(=O)OC)c1c(F)cc(OC)cc1F. The lowest BCUT2D eigenvalue weighted by molar-refractivity contribution is -0.141. The molecule has 0 aliphatic heterocycles. The van der Waals surface area contributed by atoms with Crippen LogP contribution in [0.1, 0.15) is 37.8 Å². The van der Waals surface area contributed by atoms with Crippen LogP contribution in [0.2, 0.25) is 0 Å². The zero-order valence-corrected chi connectivity index (χ0v) is 13.9. The average molecular weight is 345 g/mol. The second-order valence-electron chi connectivity index (χ2n) is 4.97. The van der Waals surface area contributed by atoms with Crippen LogP contribution in [0.5, 0.6) is 5.75 Å². The molecule has 0 saturated carbocycles. The molecule has 0 aromatic heterocycles. The Balaban J connectivity index is 3.01. The van der Waals surface area contributed by atoms with Gasteiger partial charge >= 0.3 is 12.1 Å². The molecule has 0 fully saturated rings. The van der Waals surface area contributed by atoms with Gasteiger partial charge in [-0.3, -0.25) is 4.79 Å². The Morgan fingerprint density at radius 3 is 2.33 bits per heavy atom. The van der Waals surface area contributed by atoms with E-state index in [1.54, 1.807) is 0 Å². The molecule has 1 aromatic rings. The molecule has 0 bridgehead atoms. The molecule has 1 amide bonds. The van der Waals surface area contributed by atoms with Gasteiger partial charge in [0.1, 0.15) is 17.4 Å². The molecule has 0 saturated heterocycles. The highest BCUT2D eigenvalue weighted by Gasteiger charge is 2.26. The van der Waals surface area contributed by atoms with Crippen LogP contribution in [0.3, 0.4) is 0 Å². The summed E-state index contributed by atoms with van der Waals surface area (Å²) in [5.41, 5.74) is -0.464. The zero-order valence-electron chi connectivity index (χ0n) is 13.9. The van der Waals surface area contributed by atoms with Crippen LogP contribution in [-0.2, 0) is 14.3 Å². The van der Waals surface area contributed by atoms with Crippen molar-refractivity contribution in [2.75, 3.05) is 20.8 Å². The van der Waals surface area contributed by atoms with Gasteiger partial charge in [-0.05, 0) is 6.42 Å². The number of unbranched alkanes of at least 4 members (excludes halogenated alkanes) is 1. The summed E-state index contributed by atoms with van der Waals surface area (Å²) in [6, 6.07) is 0.664. The Kier molecular flexibility index (Phi) is 7.94. The molecule has 0 aliphatic carbocycles. The van der Waals surface area contributed by atoms with Gasteiger partial charge in [-0.1, -0.05) is 13.3 Å². The van der Waals surface area contributed by atoms with E-state index in [0.29, 0.717) is 6.42 Å². The first kappa shape index (κ1) is 19.7. The molecule has 0 radical (unpaired) electrons. The predicted molar refractivity (Wildman–Crippen MR) is 81.7 cm³/mol. The molecule has 1 aromatic carbocycles. The second kappa shape index (κ2) is 9.69. The summed E-state index contributed by atoms with van der Waals surface area (Å²) >= 11 is 0. The van der Waals surface area contributed by atoms with E-state index in [1.165, 1.54) is 7.11 Å². The summed E-state index contributed by atoms with van der Waals surface area (Å²) in [6.45, 7) is 2.09. The van der Waals surface area contributed by atoms with E-state index in [-0.39, 0.29) is 12.4 Å². The molecular formula is C16H21F2NO5. The maximum Gasteiger partial charge on any atom is 0.407 e. The summed E-state index contributed by atoms with van der Waals surface area (Å²) in [7, 11) is 2.41. The highest BCUT2D eigenvalue weighted by Crippen LogP contribution is 2.28. The highest BCUT2D eigenvalue weighted by atomic mass is 19.1. The summed E-state index contributed by atoms with van der Waals surface area (Å²) in [6.07, 6.45) is 0.160. The van der Waals surface area contributed by atoms with Crippen molar-refractivity contribution in [1.82, 2.24) is 5.32 Å². The molecule has 8 heteroatoms. The first-order valence-corrected chi connectivity index (χ1v) is 7.45. The van der Waals surface area contributed by atoms with Crippen molar-refractivity contribution in [3.05, 3.63) is 29.3 Å². The van der Waals surface area contributed by atoms with Gasteiger partial charge in [0, 0.05) is 17.7 Å². The quantitative estimate of drug-likeness (QED) is 0.579. The van der Waals surface area contributed by atoms with Gasteiger partial charge < -0.3 is 19.5 Å². The number of ether oxygens (including phenoxy) is 3. The van der Waals surface area contributed by atoms with Crippen LogP contribution in [0.25, 0.3) is 0 Å². The lowest BCUT2D eigenvalue weighted by Gasteiger charge is -2.19. The van der Waals surface area contributed by atoms with Crippen molar-refractivity contribution >= 4 is 12.1 Å². The zero-order chi connectivity index (χ0) is 18.1. The second-order valence-corrected chi connectivity index (χ2v) is 4.97. The Morgan fingerprint density at radius 2 is 1.83 bits per heavy atom. The fraction of sp³-hybridized carbons (Fsp3) is 0.500. The van der Waals surface area contributed by atoms with E-state index in [2.05, 4.69) is 10.1 Å². The minimum Gasteiger partial charge on any atom is -0.497 e. The normalized spacial score (nSPS) is 11.5. The molecule has 1 unspecified atom stereocenters. The van der Waals surface area contributed by atoms with Crippen molar-refractivity contribution in [3.63, 3.8) is 0 Å². The topological polar surface area (TPSA) is 73.9 Å².